The van der Waals surface area contributed by atoms with Crippen molar-refractivity contribution in [3.8, 4) is 0 Å². The Labute approximate surface area is 111 Å². The third-order valence-corrected chi connectivity index (χ3v) is 3.82. The third kappa shape index (κ3) is 4.08. The molecule has 0 aliphatic heterocycles. The fraction of sp³-hybridized carbons (Fsp3) is 0.750. The molecule has 0 heterocycles. The number of hydrogen-bond donors (Lipinski definition) is 0. The van der Waals surface area contributed by atoms with Gasteiger partial charge in [0.1, 0.15) is 11.6 Å². The highest BCUT2D eigenvalue weighted by atomic mass is 16.1. The molecule has 0 saturated heterocycles. The summed E-state index contributed by atoms with van der Waals surface area (Å²) in [5.41, 5.74) is -0.282. The van der Waals surface area contributed by atoms with Crippen LogP contribution in [-0.2, 0) is 9.59 Å². The number of carbonyl (C=O) groups is 2. The predicted molar refractivity (Wildman–Crippen MR) is 74.3 cm³/mol. The molecular formula is C16H26O2. The normalized spacial score (nSPS) is 25.0. The smallest absolute Gasteiger partial charge is 0.138 e. The number of ketones is 2. The van der Waals surface area contributed by atoms with E-state index in [1.54, 1.807) is 0 Å². The van der Waals surface area contributed by atoms with Crippen molar-refractivity contribution in [1.29, 1.82) is 0 Å². The van der Waals surface area contributed by atoms with Crippen LogP contribution >= 0.6 is 0 Å². The SMILES string of the molecule is CC/C=C\CC1C(=O)CCC1CC(=O)C(C)(C)C. The van der Waals surface area contributed by atoms with Gasteiger partial charge in [0.15, 0.2) is 0 Å². The summed E-state index contributed by atoms with van der Waals surface area (Å²) < 4.78 is 0. The third-order valence-electron chi connectivity index (χ3n) is 3.82. The van der Waals surface area contributed by atoms with Crippen LogP contribution in [0.15, 0.2) is 12.2 Å². The predicted octanol–water partition coefficient (Wildman–Crippen LogP) is 3.94. The Hall–Kier alpha value is -0.920. The van der Waals surface area contributed by atoms with Crippen LogP contribution in [0, 0.1) is 17.3 Å². The van der Waals surface area contributed by atoms with Crippen LogP contribution in [0.1, 0.15) is 59.8 Å². The molecule has 1 fully saturated rings. The van der Waals surface area contributed by atoms with E-state index in [1.165, 1.54) is 0 Å². The Morgan fingerprint density at radius 2 is 2.00 bits per heavy atom. The molecule has 0 N–H and O–H groups in total. The van der Waals surface area contributed by atoms with Gasteiger partial charge in [0.2, 0.25) is 0 Å². The van der Waals surface area contributed by atoms with E-state index in [4.69, 9.17) is 0 Å². The maximum Gasteiger partial charge on any atom is 0.138 e. The molecule has 0 aromatic rings. The second-order valence-corrected chi connectivity index (χ2v) is 6.36. The van der Waals surface area contributed by atoms with Gasteiger partial charge in [0, 0.05) is 24.2 Å². The van der Waals surface area contributed by atoms with Crippen LogP contribution < -0.4 is 0 Å². The summed E-state index contributed by atoms with van der Waals surface area (Å²) in [5, 5.41) is 0. The average molecular weight is 250 g/mol. The number of Topliss-reactive ketones (excluding diaryl/α,β-unsaturated/α-hetero) is 2. The molecule has 2 heteroatoms. The molecule has 18 heavy (non-hydrogen) atoms. The van der Waals surface area contributed by atoms with Gasteiger partial charge in [-0.15, -0.1) is 0 Å². The fourth-order valence-electron chi connectivity index (χ4n) is 2.50. The van der Waals surface area contributed by atoms with E-state index in [9.17, 15) is 9.59 Å². The van der Waals surface area contributed by atoms with E-state index in [0.29, 0.717) is 18.6 Å². The summed E-state index contributed by atoms with van der Waals surface area (Å²) in [6.07, 6.45) is 8.15. The second kappa shape index (κ2) is 6.31. The molecule has 1 aliphatic carbocycles. The number of carbonyl (C=O) groups excluding carboxylic acids is 2. The largest absolute Gasteiger partial charge is 0.299 e. The van der Waals surface area contributed by atoms with Crippen molar-refractivity contribution in [1.82, 2.24) is 0 Å². The lowest BCUT2D eigenvalue weighted by atomic mass is 9.81. The summed E-state index contributed by atoms with van der Waals surface area (Å²) in [7, 11) is 0. The summed E-state index contributed by atoms with van der Waals surface area (Å²) in [5.74, 6) is 0.985. The van der Waals surface area contributed by atoms with Crippen LogP contribution in [0.25, 0.3) is 0 Å². The molecule has 2 nitrogen and oxygen atoms in total. The summed E-state index contributed by atoms with van der Waals surface area (Å²) in [6.45, 7) is 7.96. The van der Waals surface area contributed by atoms with Gasteiger partial charge in [0.25, 0.3) is 0 Å². The monoisotopic (exact) mass is 250 g/mol. The van der Waals surface area contributed by atoms with Gasteiger partial charge in [0.05, 0.1) is 0 Å². The number of allylic oxidation sites excluding steroid dienone is 2. The number of hydrogen-bond acceptors (Lipinski definition) is 2. The zero-order valence-corrected chi connectivity index (χ0v) is 12.2. The van der Waals surface area contributed by atoms with Gasteiger partial charge < -0.3 is 0 Å². The maximum atomic E-state index is 12.1. The molecule has 0 amide bonds. The average Bonchev–Trinajstić information content (AvgIpc) is 2.60. The van der Waals surface area contributed by atoms with Gasteiger partial charge in [-0.1, -0.05) is 39.8 Å². The number of rotatable bonds is 5. The minimum absolute atomic E-state index is 0.0825. The van der Waals surface area contributed by atoms with Crippen molar-refractivity contribution in [2.24, 2.45) is 17.3 Å². The molecular weight excluding hydrogens is 224 g/mol. The van der Waals surface area contributed by atoms with E-state index in [0.717, 1.165) is 19.3 Å². The van der Waals surface area contributed by atoms with E-state index in [-0.39, 0.29) is 23.0 Å². The Morgan fingerprint density at radius 3 is 2.56 bits per heavy atom. The minimum atomic E-state index is -0.282. The van der Waals surface area contributed by atoms with Gasteiger partial charge in [-0.05, 0) is 25.2 Å². The Balaban J connectivity index is 2.61. The molecule has 2 atom stereocenters. The molecule has 102 valence electrons. The van der Waals surface area contributed by atoms with Crippen molar-refractivity contribution in [2.45, 2.75) is 59.8 Å². The first kappa shape index (κ1) is 15.1. The van der Waals surface area contributed by atoms with Gasteiger partial charge in [-0.3, -0.25) is 9.59 Å². The highest BCUT2D eigenvalue weighted by Crippen LogP contribution is 2.36. The lowest BCUT2D eigenvalue weighted by Crippen LogP contribution is -2.25. The summed E-state index contributed by atoms with van der Waals surface area (Å²) in [6, 6.07) is 0. The van der Waals surface area contributed by atoms with E-state index in [2.05, 4.69) is 19.1 Å². The van der Waals surface area contributed by atoms with E-state index < -0.39 is 0 Å². The second-order valence-electron chi connectivity index (χ2n) is 6.36. The van der Waals surface area contributed by atoms with Gasteiger partial charge >= 0.3 is 0 Å². The Kier molecular flexibility index (Phi) is 5.30. The molecule has 1 rings (SSSR count). The summed E-state index contributed by atoms with van der Waals surface area (Å²) >= 11 is 0. The van der Waals surface area contributed by atoms with Crippen LogP contribution in [0.4, 0.5) is 0 Å². The topological polar surface area (TPSA) is 34.1 Å². The van der Waals surface area contributed by atoms with Crippen molar-refractivity contribution in [3.05, 3.63) is 12.2 Å². The highest BCUT2D eigenvalue weighted by molar-refractivity contribution is 5.87. The van der Waals surface area contributed by atoms with Crippen molar-refractivity contribution in [3.63, 3.8) is 0 Å². The van der Waals surface area contributed by atoms with Gasteiger partial charge in [-0.25, -0.2) is 0 Å². The molecule has 0 radical (unpaired) electrons. The Bertz CT molecular complexity index is 333. The quantitative estimate of drug-likeness (QED) is 0.692. The van der Waals surface area contributed by atoms with Crippen LogP contribution in [-0.4, -0.2) is 11.6 Å². The van der Waals surface area contributed by atoms with Gasteiger partial charge in [-0.2, -0.15) is 0 Å². The van der Waals surface area contributed by atoms with Crippen LogP contribution in [0.2, 0.25) is 0 Å². The zero-order chi connectivity index (χ0) is 13.8. The minimum Gasteiger partial charge on any atom is -0.299 e. The molecule has 1 aliphatic rings. The molecule has 0 aromatic carbocycles. The lowest BCUT2D eigenvalue weighted by molar-refractivity contribution is -0.127. The van der Waals surface area contributed by atoms with Crippen molar-refractivity contribution >= 4 is 11.6 Å². The zero-order valence-electron chi connectivity index (χ0n) is 12.2. The van der Waals surface area contributed by atoms with Crippen molar-refractivity contribution < 1.29 is 9.59 Å². The molecule has 1 saturated carbocycles. The lowest BCUT2D eigenvalue weighted by Gasteiger charge is -2.22. The fourth-order valence-corrected chi connectivity index (χ4v) is 2.50. The molecule has 0 bridgehead atoms. The first-order valence-corrected chi connectivity index (χ1v) is 7.07. The maximum absolute atomic E-state index is 12.1. The first-order valence-electron chi connectivity index (χ1n) is 7.07. The van der Waals surface area contributed by atoms with Crippen molar-refractivity contribution in [2.75, 3.05) is 0 Å². The first-order chi connectivity index (χ1) is 8.36. The molecule has 2 unspecified atom stereocenters. The molecule has 0 aromatic heterocycles. The van der Waals surface area contributed by atoms with Crippen LogP contribution in [0.5, 0.6) is 0 Å². The van der Waals surface area contributed by atoms with E-state index in [1.807, 2.05) is 20.8 Å². The Morgan fingerprint density at radius 1 is 1.33 bits per heavy atom. The highest BCUT2D eigenvalue weighted by Gasteiger charge is 2.36. The molecule has 0 spiro atoms. The standard InChI is InChI=1S/C16H26O2/c1-5-6-7-8-13-12(9-10-14(13)17)11-15(18)16(2,3)4/h6-7,12-13H,5,8-11H2,1-4H3/b7-6-. The van der Waals surface area contributed by atoms with Crippen LogP contribution in [0.3, 0.4) is 0 Å². The van der Waals surface area contributed by atoms with E-state index >= 15 is 0 Å². The summed E-state index contributed by atoms with van der Waals surface area (Å²) in [4.78, 5) is 23.9.